The van der Waals surface area contributed by atoms with Crippen LogP contribution >= 0.6 is 0 Å². The minimum absolute atomic E-state index is 0.0388. The average molecular weight is 450 g/mol. The van der Waals surface area contributed by atoms with Crippen molar-refractivity contribution >= 4 is 11.4 Å². The van der Waals surface area contributed by atoms with Gasteiger partial charge in [0.05, 0.1) is 9.85 Å². The maximum Gasteiger partial charge on any atom is 0.311 e. The standard InChI is InChI=1S/C25H27N3O5/c1-2-26(15-13-20-9-6-10-23(17-20)27(29)30)16-14-21-11-12-25(24(18-21)28(31)32)33-19-22-7-4-3-5-8-22/h3-12,17-18H,2,13-16,19H2,1H3. The Morgan fingerprint density at radius 3 is 2.09 bits per heavy atom. The molecule has 3 aromatic rings. The van der Waals surface area contributed by atoms with Gasteiger partial charge in [-0.1, -0.05) is 55.5 Å². The first kappa shape index (κ1) is 23.9. The third-order valence-corrected chi connectivity index (χ3v) is 5.46. The fraction of sp³-hybridized carbons (Fsp3) is 0.280. The lowest BCUT2D eigenvalue weighted by atomic mass is 10.1. The van der Waals surface area contributed by atoms with Crippen LogP contribution in [0.4, 0.5) is 11.4 Å². The summed E-state index contributed by atoms with van der Waals surface area (Å²) in [6.07, 6.45) is 1.35. The number of hydrogen-bond acceptors (Lipinski definition) is 6. The van der Waals surface area contributed by atoms with Gasteiger partial charge in [0.25, 0.3) is 5.69 Å². The number of likely N-dealkylation sites (N-methyl/N-ethyl adjacent to an activating group) is 1. The molecule has 0 aromatic heterocycles. The van der Waals surface area contributed by atoms with Crippen LogP contribution < -0.4 is 4.74 Å². The van der Waals surface area contributed by atoms with E-state index in [1.165, 1.54) is 6.07 Å². The minimum atomic E-state index is -0.413. The van der Waals surface area contributed by atoms with Crippen LogP contribution in [0.15, 0.2) is 72.8 Å². The van der Waals surface area contributed by atoms with Gasteiger partial charge in [0.2, 0.25) is 0 Å². The van der Waals surface area contributed by atoms with Crippen LogP contribution in [0, 0.1) is 20.2 Å². The van der Waals surface area contributed by atoms with Crippen LogP contribution in [0.1, 0.15) is 23.6 Å². The summed E-state index contributed by atoms with van der Waals surface area (Å²) in [6, 6.07) is 21.3. The number of rotatable bonds is 12. The van der Waals surface area contributed by atoms with Gasteiger partial charge in [-0.15, -0.1) is 0 Å². The van der Waals surface area contributed by atoms with Crippen molar-refractivity contribution in [3.63, 3.8) is 0 Å². The second-order valence-electron chi connectivity index (χ2n) is 7.69. The van der Waals surface area contributed by atoms with Gasteiger partial charge in [0, 0.05) is 31.3 Å². The van der Waals surface area contributed by atoms with Crippen LogP contribution in [0.3, 0.4) is 0 Å². The molecule has 33 heavy (non-hydrogen) atoms. The molecule has 0 N–H and O–H groups in total. The van der Waals surface area contributed by atoms with Gasteiger partial charge in [-0.25, -0.2) is 0 Å². The fourth-order valence-corrected chi connectivity index (χ4v) is 3.55. The molecule has 3 rings (SSSR count). The number of nitrogens with zero attached hydrogens (tertiary/aromatic N) is 3. The van der Waals surface area contributed by atoms with Crippen molar-refractivity contribution in [1.29, 1.82) is 0 Å². The van der Waals surface area contributed by atoms with E-state index in [4.69, 9.17) is 4.74 Å². The molecular formula is C25H27N3O5. The quantitative estimate of drug-likeness (QED) is 0.279. The van der Waals surface area contributed by atoms with Gasteiger partial charge >= 0.3 is 5.69 Å². The van der Waals surface area contributed by atoms with E-state index in [1.54, 1.807) is 24.3 Å². The molecule has 0 unspecified atom stereocenters. The Bertz CT molecular complexity index is 1090. The summed E-state index contributed by atoms with van der Waals surface area (Å²) in [5.41, 5.74) is 2.78. The van der Waals surface area contributed by atoms with Gasteiger partial charge in [-0.05, 0) is 42.1 Å². The number of hydrogen-bond donors (Lipinski definition) is 0. The highest BCUT2D eigenvalue weighted by molar-refractivity contribution is 5.49. The van der Waals surface area contributed by atoms with E-state index in [-0.39, 0.29) is 28.7 Å². The second kappa shape index (κ2) is 11.7. The molecule has 172 valence electrons. The summed E-state index contributed by atoms with van der Waals surface area (Å²) in [5, 5.41) is 22.5. The van der Waals surface area contributed by atoms with Crippen LogP contribution in [-0.2, 0) is 19.4 Å². The first-order valence-electron chi connectivity index (χ1n) is 10.9. The predicted octanol–water partition coefficient (Wildman–Crippen LogP) is 5.19. The van der Waals surface area contributed by atoms with Crippen LogP contribution in [0.5, 0.6) is 5.75 Å². The number of nitro groups is 2. The third kappa shape index (κ3) is 7.11. The summed E-state index contributed by atoms with van der Waals surface area (Å²) in [4.78, 5) is 24.0. The molecule has 0 saturated carbocycles. The Morgan fingerprint density at radius 2 is 1.45 bits per heavy atom. The third-order valence-electron chi connectivity index (χ3n) is 5.46. The molecular weight excluding hydrogens is 422 g/mol. The first-order chi connectivity index (χ1) is 16.0. The number of non-ortho nitro benzene ring substituents is 1. The van der Waals surface area contributed by atoms with Crippen molar-refractivity contribution < 1.29 is 14.6 Å². The molecule has 3 aromatic carbocycles. The molecule has 0 aliphatic rings. The van der Waals surface area contributed by atoms with Gasteiger partial charge in [0.1, 0.15) is 6.61 Å². The van der Waals surface area contributed by atoms with Crippen LogP contribution in [-0.4, -0.2) is 34.4 Å². The summed E-state index contributed by atoms with van der Waals surface area (Å²) in [7, 11) is 0. The lowest BCUT2D eigenvalue weighted by molar-refractivity contribution is -0.386. The van der Waals surface area contributed by atoms with Crippen molar-refractivity contribution in [1.82, 2.24) is 4.90 Å². The Labute approximate surface area is 192 Å². The molecule has 0 amide bonds. The van der Waals surface area contributed by atoms with Gasteiger partial charge in [0.15, 0.2) is 5.75 Å². The van der Waals surface area contributed by atoms with E-state index in [1.807, 2.05) is 42.5 Å². The lowest BCUT2D eigenvalue weighted by Crippen LogP contribution is -2.28. The van der Waals surface area contributed by atoms with Crippen LogP contribution in [0.25, 0.3) is 0 Å². The molecule has 8 nitrogen and oxygen atoms in total. The zero-order valence-electron chi connectivity index (χ0n) is 18.6. The normalized spacial score (nSPS) is 10.8. The summed E-state index contributed by atoms with van der Waals surface area (Å²) in [5.74, 6) is 0.255. The molecule has 0 heterocycles. The van der Waals surface area contributed by atoms with Gasteiger partial charge in [-0.3, -0.25) is 20.2 Å². The maximum absolute atomic E-state index is 11.6. The zero-order chi connectivity index (χ0) is 23.6. The molecule has 0 spiro atoms. The SMILES string of the molecule is CCN(CCc1cccc([N+](=O)[O-])c1)CCc1ccc(OCc2ccccc2)c([N+](=O)[O-])c1. The van der Waals surface area contributed by atoms with Crippen molar-refractivity contribution in [2.45, 2.75) is 26.4 Å². The molecule has 0 atom stereocenters. The molecule has 0 aliphatic heterocycles. The molecule has 0 aliphatic carbocycles. The molecule has 0 bridgehead atoms. The summed E-state index contributed by atoms with van der Waals surface area (Å²) < 4.78 is 5.70. The van der Waals surface area contributed by atoms with E-state index >= 15 is 0 Å². The number of nitro benzene ring substituents is 2. The monoisotopic (exact) mass is 449 g/mol. The van der Waals surface area contributed by atoms with Crippen molar-refractivity contribution in [3.05, 3.63) is 110 Å². The van der Waals surface area contributed by atoms with Crippen molar-refractivity contribution in [3.8, 4) is 5.75 Å². The smallest absolute Gasteiger partial charge is 0.311 e. The average Bonchev–Trinajstić information content (AvgIpc) is 2.83. The van der Waals surface area contributed by atoms with E-state index in [0.717, 1.165) is 36.3 Å². The van der Waals surface area contributed by atoms with Crippen molar-refractivity contribution in [2.24, 2.45) is 0 Å². The number of ether oxygens (including phenoxy) is 1. The fourth-order valence-electron chi connectivity index (χ4n) is 3.55. The van der Waals surface area contributed by atoms with Crippen molar-refractivity contribution in [2.75, 3.05) is 19.6 Å². The van der Waals surface area contributed by atoms with Crippen LogP contribution in [0.2, 0.25) is 0 Å². The Morgan fingerprint density at radius 1 is 0.788 bits per heavy atom. The van der Waals surface area contributed by atoms with E-state index < -0.39 is 4.92 Å². The van der Waals surface area contributed by atoms with Gasteiger partial charge in [-0.2, -0.15) is 0 Å². The highest BCUT2D eigenvalue weighted by Crippen LogP contribution is 2.29. The Balaban J connectivity index is 1.58. The number of benzene rings is 3. The second-order valence-corrected chi connectivity index (χ2v) is 7.69. The zero-order valence-corrected chi connectivity index (χ0v) is 18.6. The maximum atomic E-state index is 11.6. The van der Waals surface area contributed by atoms with E-state index in [9.17, 15) is 20.2 Å². The molecule has 0 saturated heterocycles. The first-order valence-corrected chi connectivity index (χ1v) is 10.9. The Hall–Kier alpha value is -3.78. The topological polar surface area (TPSA) is 98.8 Å². The highest BCUT2D eigenvalue weighted by atomic mass is 16.6. The molecule has 8 heteroatoms. The minimum Gasteiger partial charge on any atom is -0.482 e. The van der Waals surface area contributed by atoms with E-state index in [0.29, 0.717) is 12.8 Å². The summed E-state index contributed by atoms with van der Waals surface area (Å²) in [6.45, 7) is 4.61. The Kier molecular flexibility index (Phi) is 8.49. The summed E-state index contributed by atoms with van der Waals surface area (Å²) >= 11 is 0. The van der Waals surface area contributed by atoms with E-state index in [2.05, 4.69) is 11.8 Å². The van der Waals surface area contributed by atoms with Gasteiger partial charge < -0.3 is 9.64 Å². The lowest BCUT2D eigenvalue weighted by Gasteiger charge is -2.20. The molecule has 0 fully saturated rings. The largest absolute Gasteiger partial charge is 0.482 e. The highest BCUT2D eigenvalue weighted by Gasteiger charge is 2.17. The predicted molar refractivity (Wildman–Crippen MR) is 126 cm³/mol. The molecule has 0 radical (unpaired) electrons.